The number of aliphatic hydroxyl groups excluding tert-OH is 1. The number of hydrogen-bond acceptors (Lipinski definition) is 5. The highest BCUT2D eigenvalue weighted by molar-refractivity contribution is 5.46. The molecule has 1 atom stereocenters. The molecule has 0 saturated heterocycles. The van der Waals surface area contributed by atoms with Gasteiger partial charge >= 0.3 is 0 Å². The molecule has 0 radical (unpaired) electrons. The SMILES string of the molecule is CC(C)NC[C@H](O)COc1ccc2c(c1)OCO2. The highest BCUT2D eigenvalue weighted by atomic mass is 16.7. The molecule has 0 spiro atoms. The van der Waals surface area contributed by atoms with Crippen molar-refractivity contribution in [2.75, 3.05) is 19.9 Å². The zero-order valence-electron chi connectivity index (χ0n) is 10.7. The Labute approximate surface area is 107 Å². The molecule has 18 heavy (non-hydrogen) atoms. The van der Waals surface area contributed by atoms with Crippen LogP contribution in [0.15, 0.2) is 18.2 Å². The van der Waals surface area contributed by atoms with E-state index < -0.39 is 6.10 Å². The van der Waals surface area contributed by atoms with Gasteiger partial charge in [-0.2, -0.15) is 0 Å². The zero-order chi connectivity index (χ0) is 13.0. The fraction of sp³-hybridized carbons (Fsp3) is 0.538. The Kier molecular flexibility index (Phi) is 4.28. The second-order valence-corrected chi connectivity index (χ2v) is 4.54. The molecule has 0 unspecified atom stereocenters. The number of hydrogen-bond donors (Lipinski definition) is 2. The standard InChI is InChI=1S/C13H19NO4/c1-9(2)14-6-10(15)7-16-11-3-4-12-13(5-11)18-8-17-12/h3-5,9-10,14-15H,6-8H2,1-2H3/t10-/m0/s1. The Morgan fingerprint density at radius 2 is 2.11 bits per heavy atom. The van der Waals surface area contributed by atoms with Crippen molar-refractivity contribution in [3.8, 4) is 17.2 Å². The minimum atomic E-state index is -0.530. The van der Waals surface area contributed by atoms with E-state index in [0.717, 1.165) is 5.75 Å². The van der Waals surface area contributed by atoms with Crippen LogP contribution in [-0.2, 0) is 0 Å². The first-order chi connectivity index (χ1) is 8.65. The highest BCUT2D eigenvalue weighted by Crippen LogP contribution is 2.35. The lowest BCUT2D eigenvalue weighted by Crippen LogP contribution is -2.35. The van der Waals surface area contributed by atoms with Gasteiger partial charge in [0.05, 0.1) is 0 Å². The van der Waals surface area contributed by atoms with E-state index in [2.05, 4.69) is 5.32 Å². The maximum absolute atomic E-state index is 9.71. The predicted molar refractivity (Wildman–Crippen MR) is 67.2 cm³/mol. The molecule has 5 heteroatoms. The lowest BCUT2D eigenvalue weighted by Gasteiger charge is -2.15. The van der Waals surface area contributed by atoms with Gasteiger partial charge in [-0.1, -0.05) is 13.8 Å². The molecule has 0 amide bonds. The summed E-state index contributed by atoms with van der Waals surface area (Å²) in [7, 11) is 0. The molecular formula is C13H19NO4. The van der Waals surface area contributed by atoms with Gasteiger partial charge in [-0.25, -0.2) is 0 Å². The molecule has 0 aliphatic carbocycles. The maximum Gasteiger partial charge on any atom is 0.231 e. The third-order valence-corrected chi connectivity index (χ3v) is 2.55. The van der Waals surface area contributed by atoms with Crippen molar-refractivity contribution in [3.63, 3.8) is 0 Å². The largest absolute Gasteiger partial charge is 0.491 e. The normalized spacial score (nSPS) is 14.9. The Morgan fingerprint density at radius 3 is 2.89 bits per heavy atom. The number of nitrogens with one attached hydrogen (secondary N) is 1. The monoisotopic (exact) mass is 253 g/mol. The second-order valence-electron chi connectivity index (χ2n) is 4.54. The van der Waals surface area contributed by atoms with E-state index in [1.165, 1.54) is 0 Å². The molecule has 1 aliphatic heterocycles. The summed E-state index contributed by atoms with van der Waals surface area (Å²) in [5.74, 6) is 2.08. The van der Waals surface area contributed by atoms with Crippen LogP contribution in [0.2, 0.25) is 0 Å². The van der Waals surface area contributed by atoms with Gasteiger partial charge in [-0.15, -0.1) is 0 Å². The van der Waals surface area contributed by atoms with Crippen molar-refractivity contribution in [2.45, 2.75) is 26.0 Å². The lowest BCUT2D eigenvalue weighted by molar-refractivity contribution is 0.104. The van der Waals surface area contributed by atoms with Gasteiger partial charge in [0.1, 0.15) is 18.5 Å². The molecular weight excluding hydrogens is 234 g/mol. The summed E-state index contributed by atoms with van der Waals surface area (Å²) >= 11 is 0. The van der Waals surface area contributed by atoms with Gasteiger partial charge in [-0.05, 0) is 12.1 Å². The smallest absolute Gasteiger partial charge is 0.231 e. The second kappa shape index (κ2) is 5.93. The van der Waals surface area contributed by atoms with Crippen LogP contribution >= 0.6 is 0 Å². The van der Waals surface area contributed by atoms with Crippen LogP contribution in [0, 0.1) is 0 Å². The molecule has 1 aromatic carbocycles. The van der Waals surface area contributed by atoms with Crippen LogP contribution in [0.1, 0.15) is 13.8 Å². The third kappa shape index (κ3) is 3.51. The molecule has 2 N–H and O–H groups in total. The van der Waals surface area contributed by atoms with Crippen molar-refractivity contribution in [2.24, 2.45) is 0 Å². The molecule has 0 bridgehead atoms. The van der Waals surface area contributed by atoms with Crippen molar-refractivity contribution in [3.05, 3.63) is 18.2 Å². The van der Waals surface area contributed by atoms with Gasteiger partial charge in [0, 0.05) is 18.7 Å². The van der Waals surface area contributed by atoms with Gasteiger partial charge < -0.3 is 24.6 Å². The molecule has 5 nitrogen and oxygen atoms in total. The van der Waals surface area contributed by atoms with E-state index in [1.807, 2.05) is 13.8 Å². The lowest BCUT2D eigenvalue weighted by atomic mass is 10.3. The Balaban J connectivity index is 1.79. The number of ether oxygens (including phenoxy) is 3. The summed E-state index contributed by atoms with van der Waals surface area (Å²) in [5.41, 5.74) is 0. The van der Waals surface area contributed by atoms with E-state index in [9.17, 15) is 5.11 Å². The number of fused-ring (bicyclic) bond motifs is 1. The highest BCUT2D eigenvalue weighted by Gasteiger charge is 2.14. The molecule has 1 aromatic rings. The van der Waals surface area contributed by atoms with Crippen LogP contribution in [-0.4, -0.2) is 37.2 Å². The number of aliphatic hydroxyl groups is 1. The Morgan fingerprint density at radius 1 is 1.33 bits per heavy atom. The summed E-state index contributed by atoms with van der Waals surface area (Å²) in [4.78, 5) is 0. The fourth-order valence-corrected chi connectivity index (χ4v) is 1.59. The van der Waals surface area contributed by atoms with Crippen molar-refractivity contribution >= 4 is 0 Å². The Hall–Kier alpha value is -1.46. The average molecular weight is 253 g/mol. The summed E-state index contributed by atoms with van der Waals surface area (Å²) < 4.78 is 16.0. The van der Waals surface area contributed by atoms with E-state index in [1.54, 1.807) is 18.2 Å². The topological polar surface area (TPSA) is 60.0 Å². The van der Waals surface area contributed by atoms with Crippen LogP contribution in [0.3, 0.4) is 0 Å². The van der Waals surface area contributed by atoms with Gasteiger partial charge in [-0.3, -0.25) is 0 Å². The van der Waals surface area contributed by atoms with E-state index >= 15 is 0 Å². The Bertz CT molecular complexity index is 395. The van der Waals surface area contributed by atoms with Crippen molar-refractivity contribution < 1.29 is 19.3 Å². The van der Waals surface area contributed by atoms with Gasteiger partial charge in [0.25, 0.3) is 0 Å². The molecule has 1 aliphatic rings. The molecule has 100 valence electrons. The summed E-state index contributed by atoms with van der Waals surface area (Å²) in [6.45, 7) is 5.08. The molecule has 1 heterocycles. The van der Waals surface area contributed by atoms with E-state index in [-0.39, 0.29) is 13.4 Å². The van der Waals surface area contributed by atoms with E-state index in [4.69, 9.17) is 14.2 Å². The van der Waals surface area contributed by atoms with Crippen LogP contribution < -0.4 is 19.5 Å². The minimum Gasteiger partial charge on any atom is -0.491 e. The predicted octanol–water partition coefficient (Wildman–Crippen LogP) is 1.15. The van der Waals surface area contributed by atoms with Crippen molar-refractivity contribution in [1.82, 2.24) is 5.32 Å². The fourth-order valence-electron chi connectivity index (χ4n) is 1.59. The van der Waals surface area contributed by atoms with E-state index in [0.29, 0.717) is 24.1 Å². The van der Waals surface area contributed by atoms with Gasteiger partial charge in [0.2, 0.25) is 6.79 Å². The third-order valence-electron chi connectivity index (χ3n) is 2.55. The summed E-state index contributed by atoms with van der Waals surface area (Å²) in [6.07, 6.45) is -0.530. The van der Waals surface area contributed by atoms with Crippen LogP contribution in [0.5, 0.6) is 17.2 Å². The van der Waals surface area contributed by atoms with Gasteiger partial charge in [0.15, 0.2) is 11.5 Å². The first-order valence-corrected chi connectivity index (χ1v) is 6.09. The molecule has 0 fully saturated rings. The minimum absolute atomic E-state index is 0.249. The summed E-state index contributed by atoms with van der Waals surface area (Å²) in [6, 6.07) is 5.72. The molecule has 0 aromatic heterocycles. The summed E-state index contributed by atoms with van der Waals surface area (Å²) in [5, 5.41) is 12.9. The first kappa shape index (κ1) is 13.0. The van der Waals surface area contributed by atoms with Crippen LogP contribution in [0.4, 0.5) is 0 Å². The van der Waals surface area contributed by atoms with Crippen molar-refractivity contribution in [1.29, 1.82) is 0 Å². The maximum atomic E-state index is 9.71. The zero-order valence-corrected chi connectivity index (χ0v) is 10.7. The average Bonchev–Trinajstić information content (AvgIpc) is 2.81. The molecule has 0 saturated carbocycles. The number of rotatable bonds is 6. The van der Waals surface area contributed by atoms with Crippen LogP contribution in [0.25, 0.3) is 0 Å². The first-order valence-electron chi connectivity index (χ1n) is 6.09. The molecule has 2 rings (SSSR count). The number of benzene rings is 1. The quantitative estimate of drug-likeness (QED) is 0.796.